The molecule has 0 aliphatic carbocycles. The van der Waals surface area contributed by atoms with Crippen LogP contribution in [0.15, 0.2) is 18.2 Å². The number of hydrogen-bond donors (Lipinski definition) is 1. The molecule has 0 saturated heterocycles. The molecule has 0 amide bonds. The molecule has 0 heterocycles. The number of carboxylic acid groups (broad SMARTS) is 1. The molecule has 1 aromatic carbocycles. The quantitative estimate of drug-likeness (QED) is 0.652. The zero-order chi connectivity index (χ0) is 14.8. The average molecular weight is 265 g/mol. The molecule has 0 aliphatic rings. The lowest BCUT2D eigenvalue weighted by Crippen LogP contribution is -2.57. The molecule has 5 nitrogen and oxygen atoms in total. The maximum Gasteiger partial charge on any atom is 0.339 e. The number of anilines is 1. The number of rotatable bonds is 5. The molecule has 0 aromatic heterocycles. The molecular weight excluding hydrogens is 246 g/mol. The van der Waals surface area contributed by atoms with Gasteiger partial charge in [-0.1, -0.05) is 18.2 Å². The van der Waals surface area contributed by atoms with Crippen LogP contribution in [0.5, 0.6) is 0 Å². The fraction of sp³-hybridized carbons (Fsp3) is 0.429. The first-order valence-corrected chi connectivity index (χ1v) is 5.91. The molecule has 0 unspecified atom stereocenters. The molecule has 104 valence electrons. The van der Waals surface area contributed by atoms with E-state index in [1.54, 1.807) is 0 Å². The van der Waals surface area contributed by atoms with E-state index in [4.69, 9.17) is 4.84 Å². The Morgan fingerprint density at radius 3 is 2.05 bits per heavy atom. The van der Waals surface area contributed by atoms with Crippen LogP contribution >= 0.6 is 0 Å². The first-order chi connectivity index (χ1) is 8.76. The summed E-state index contributed by atoms with van der Waals surface area (Å²) in [5.41, 5.74) is 0.530. The van der Waals surface area contributed by atoms with Gasteiger partial charge in [0.25, 0.3) is 0 Å². The Kier molecular flexibility index (Phi) is 4.32. The third kappa shape index (κ3) is 2.46. The van der Waals surface area contributed by atoms with Crippen molar-refractivity contribution in [1.82, 2.24) is 0 Å². The summed E-state index contributed by atoms with van der Waals surface area (Å²) < 4.78 is 0. The van der Waals surface area contributed by atoms with Crippen molar-refractivity contribution in [2.75, 3.05) is 12.2 Å². The van der Waals surface area contributed by atoms with Crippen LogP contribution in [0.3, 0.4) is 0 Å². The summed E-state index contributed by atoms with van der Waals surface area (Å²) in [6.07, 6.45) is 0. The van der Waals surface area contributed by atoms with Gasteiger partial charge < -0.3 is 5.11 Å². The Labute approximate surface area is 112 Å². The Bertz CT molecular complexity index is 476. The van der Waals surface area contributed by atoms with Gasteiger partial charge in [0.15, 0.2) is 5.78 Å². The molecule has 19 heavy (non-hydrogen) atoms. The topological polar surface area (TPSA) is 66.8 Å². The molecule has 1 atom stereocenters. The van der Waals surface area contributed by atoms with Crippen LogP contribution in [0, 0.1) is 13.8 Å². The van der Waals surface area contributed by atoms with Crippen LogP contribution in [0.25, 0.3) is 0 Å². The van der Waals surface area contributed by atoms with E-state index in [-0.39, 0.29) is 0 Å². The highest BCUT2D eigenvalue weighted by Crippen LogP contribution is 2.31. The fourth-order valence-electron chi connectivity index (χ4n) is 2.00. The van der Waals surface area contributed by atoms with Crippen LogP contribution < -0.4 is 5.06 Å². The monoisotopic (exact) mass is 265 g/mol. The molecule has 1 rings (SSSR count). The van der Waals surface area contributed by atoms with Crippen molar-refractivity contribution in [3.63, 3.8) is 0 Å². The maximum atomic E-state index is 11.8. The predicted molar refractivity (Wildman–Crippen MR) is 72.1 cm³/mol. The number of para-hydroxylation sites is 1. The standard InChI is InChI=1S/C14H19NO4/c1-9-7-6-8-10(2)12(9)15(19-5)14(4,11(3)16)13(17)18/h6-8H,1-5H3,(H,17,18)/t14-/m1/s1. The third-order valence-corrected chi connectivity index (χ3v) is 3.33. The summed E-state index contributed by atoms with van der Waals surface area (Å²) in [5.74, 6) is -1.74. The van der Waals surface area contributed by atoms with E-state index in [9.17, 15) is 14.7 Å². The SMILES string of the molecule is CON(c1c(C)cccc1C)[C@](C)(C(C)=O)C(=O)O. The summed E-state index contributed by atoms with van der Waals surface area (Å²) >= 11 is 0. The van der Waals surface area contributed by atoms with Crippen LogP contribution in [0.2, 0.25) is 0 Å². The molecule has 0 radical (unpaired) electrons. The summed E-state index contributed by atoms with van der Waals surface area (Å²) in [5, 5.41) is 10.6. The number of carbonyl (C=O) groups excluding carboxylic acids is 1. The van der Waals surface area contributed by atoms with Crippen LogP contribution in [0.1, 0.15) is 25.0 Å². The van der Waals surface area contributed by atoms with Crippen molar-refractivity contribution < 1.29 is 19.5 Å². The van der Waals surface area contributed by atoms with Crippen molar-refractivity contribution >= 4 is 17.4 Å². The normalized spacial score (nSPS) is 13.7. The van der Waals surface area contributed by atoms with Crippen molar-refractivity contribution in [3.8, 4) is 0 Å². The van der Waals surface area contributed by atoms with Crippen molar-refractivity contribution in [2.24, 2.45) is 0 Å². The third-order valence-electron chi connectivity index (χ3n) is 3.33. The van der Waals surface area contributed by atoms with Crippen LogP contribution in [-0.2, 0) is 14.4 Å². The van der Waals surface area contributed by atoms with Crippen molar-refractivity contribution in [3.05, 3.63) is 29.3 Å². The zero-order valence-electron chi connectivity index (χ0n) is 11.9. The molecule has 0 aliphatic heterocycles. The zero-order valence-corrected chi connectivity index (χ0v) is 11.9. The average Bonchev–Trinajstić information content (AvgIpc) is 2.32. The molecular formula is C14H19NO4. The molecule has 0 bridgehead atoms. The molecule has 5 heteroatoms. The van der Waals surface area contributed by atoms with Gasteiger partial charge in [0.2, 0.25) is 5.54 Å². The number of benzene rings is 1. The van der Waals surface area contributed by atoms with Gasteiger partial charge in [-0.25, -0.2) is 9.86 Å². The molecule has 1 N–H and O–H groups in total. The molecule has 0 saturated carbocycles. The van der Waals surface area contributed by atoms with Gasteiger partial charge in [-0.15, -0.1) is 0 Å². The number of aliphatic carboxylic acids is 1. The minimum Gasteiger partial charge on any atom is -0.479 e. The van der Waals surface area contributed by atoms with E-state index < -0.39 is 17.3 Å². The number of hydrogen-bond acceptors (Lipinski definition) is 4. The Balaban J connectivity index is 3.50. The Morgan fingerprint density at radius 2 is 1.74 bits per heavy atom. The highest BCUT2D eigenvalue weighted by atomic mass is 16.7. The minimum absolute atomic E-state index is 0.496. The molecule has 0 spiro atoms. The highest BCUT2D eigenvalue weighted by Gasteiger charge is 2.46. The van der Waals surface area contributed by atoms with Crippen molar-refractivity contribution in [2.45, 2.75) is 33.2 Å². The highest BCUT2D eigenvalue weighted by molar-refractivity contribution is 6.09. The van der Waals surface area contributed by atoms with E-state index in [0.717, 1.165) is 11.1 Å². The predicted octanol–water partition coefficient (Wildman–Crippen LogP) is 2.10. The van der Waals surface area contributed by atoms with Gasteiger partial charge in [-0.05, 0) is 38.8 Å². The van der Waals surface area contributed by atoms with E-state index in [1.165, 1.54) is 26.0 Å². The first-order valence-electron chi connectivity index (χ1n) is 5.91. The number of aryl methyl sites for hydroxylation is 2. The lowest BCUT2D eigenvalue weighted by atomic mass is 9.95. The number of hydroxylamine groups is 1. The largest absolute Gasteiger partial charge is 0.479 e. The number of carboxylic acids is 1. The van der Waals surface area contributed by atoms with Crippen LogP contribution in [0.4, 0.5) is 5.69 Å². The first kappa shape index (κ1) is 15.2. The lowest BCUT2D eigenvalue weighted by molar-refractivity contribution is -0.150. The van der Waals surface area contributed by atoms with E-state index in [2.05, 4.69) is 0 Å². The number of nitrogens with zero attached hydrogens (tertiary/aromatic N) is 1. The lowest BCUT2D eigenvalue weighted by Gasteiger charge is -2.36. The van der Waals surface area contributed by atoms with E-state index in [1.807, 2.05) is 32.0 Å². The van der Waals surface area contributed by atoms with Gasteiger partial charge in [0.1, 0.15) is 0 Å². The number of ketones is 1. The molecule has 1 aromatic rings. The van der Waals surface area contributed by atoms with Gasteiger partial charge >= 0.3 is 5.97 Å². The Morgan fingerprint density at radius 1 is 1.26 bits per heavy atom. The second kappa shape index (κ2) is 5.40. The summed E-state index contributed by atoms with van der Waals surface area (Å²) in [6.45, 7) is 6.27. The summed E-state index contributed by atoms with van der Waals surface area (Å²) in [4.78, 5) is 28.5. The van der Waals surface area contributed by atoms with E-state index >= 15 is 0 Å². The number of Topliss-reactive ketones (excluding diaryl/α,β-unsaturated/α-hetero) is 1. The second-order valence-corrected chi connectivity index (χ2v) is 4.65. The second-order valence-electron chi connectivity index (χ2n) is 4.65. The van der Waals surface area contributed by atoms with Crippen molar-refractivity contribution in [1.29, 1.82) is 0 Å². The van der Waals surface area contributed by atoms with Gasteiger partial charge in [-0.3, -0.25) is 9.63 Å². The summed E-state index contributed by atoms with van der Waals surface area (Å²) in [7, 11) is 1.36. The van der Waals surface area contributed by atoms with Gasteiger partial charge in [0.05, 0.1) is 12.8 Å². The maximum absolute atomic E-state index is 11.8. The van der Waals surface area contributed by atoms with Gasteiger partial charge in [0, 0.05) is 0 Å². The smallest absolute Gasteiger partial charge is 0.339 e. The van der Waals surface area contributed by atoms with Crippen LogP contribution in [-0.4, -0.2) is 29.5 Å². The minimum atomic E-state index is -1.76. The van der Waals surface area contributed by atoms with Gasteiger partial charge in [-0.2, -0.15) is 0 Å². The Hall–Kier alpha value is -1.88. The molecule has 0 fully saturated rings. The fourth-order valence-corrected chi connectivity index (χ4v) is 2.00. The summed E-state index contributed by atoms with van der Waals surface area (Å²) in [6, 6.07) is 5.56. The number of carbonyl (C=O) groups is 2. The van der Waals surface area contributed by atoms with E-state index in [0.29, 0.717) is 5.69 Å².